The summed E-state index contributed by atoms with van der Waals surface area (Å²) in [6.45, 7) is 3.78. The van der Waals surface area contributed by atoms with E-state index in [1.165, 1.54) is 12.1 Å². The zero-order valence-corrected chi connectivity index (χ0v) is 16.3. The van der Waals surface area contributed by atoms with Gasteiger partial charge >= 0.3 is 0 Å². The number of likely N-dealkylation sites (tertiary alicyclic amines) is 1. The van der Waals surface area contributed by atoms with E-state index in [9.17, 15) is 9.18 Å². The molecule has 152 valence electrons. The Bertz CT molecular complexity index is 1010. The number of carbonyl (C=O) groups is 1. The number of nitrogens with one attached hydrogen (secondary N) is 1. The molecule has 1 aliphatic rings. The van der Waals surface area contributed by atoms with Crippen LogP contribution in [0, 0.1) is 5.82 Å². The van der Waals surface area contributed by atoms with Crippen molar-refractivity contribution in [3.8, 4) is 0 Å². The Hall–Kier alpha value is -2.84. The second-order valence-electron chi connectivity index (χ2n) is 7.30. The number of carbonyl (C=O) groups excluding carboxylic acids is 1. The molecule has 1 fully saturated rings. The van der Waals surface area contributed by atoms with Gasteiger partial charge in [-0.05, 0) is 42.8 Å². The minimum absolute atomic E-state index is 0.219. The maximum atomic E-state index is 13.3. The highest BCUT2D eigenvalue weighted by Gasteiger charge is 2.27. The maximum Gasteiger partial charge on any atom is 0.253 e. The van der Waals surface area contributed by atoms with E-state index in [-0.39, 0.29) is 24.2 Å². The van der Waals surface area contributed by atoms with Crippen molar-refractivity contribution in [3.05, 3.63) is 65.4 Å². The van der Waals surface area contributed by atoms with Crippen LogP contribution in [0.3, 0.4) is 0 Å². The highest BCUT2D eigenvalue weighted by Crippen LogP contribution is 2.26. The number of benzene rings is 1. The Kier molecular flexibility index (Phi) is 5.82. The van der Waals surface area contributed by atoms with Gasteiger partial charge in [0.25, 0.3) is 5.91 Å². The molecule has 1 aromatic carbocycles. The number of ether oxygens (including phenoxy) is 1. The first-order valence-corrected chi connectivity index (χ1v) is 9.72. The molecule has 2 aromatic heterocycles. The minimum atomic E-state index is -0.316. The average molecular weight is 397 g/mol. The van der Waals surface area contributed by atoms with Gasteiger partial charge in [-0.3, -0.25) is 9.20 Å². The Balaban J connectivity index is 1.47. The van der Waals surface area contributed by atoms with Gasteiger partial charge < -0.3 is 15.0 Å². The number of rotatable bonds is 7. The number of fused-ring (bicyclic) bond motifs is 1. The molecule has 0 spiro atoms. The van der Waals surface area contributed by atoms with Crippen molar-refractivity contribution in [1.82, 2.24) is 24.8 Å². The van der Waals surface area contributed by atoms with Gasteiger partial charge in [0.2, 0.25) is 0 Å². The van der Waals surface area contributed by atoms with Crippen molar-refractivity contribution in [2.75, 3.05) is 33.4 Å². The molecule has 0 saturated carbocycles. The lowest BCUT2D eigenvalue weighted by Crippen LogP contribution is -2.25. The summed E-state index contributed by atoms with van der Waals surface area (Å²) < 4.78 is 20.4. The van der Waals surface area contributed by atoms with Crippen molar-refractivity contribution < 1.29 is 13.9 Å². The van der Waals surface area contributed by atoms with E-state index in [4.69, 9.17) is 4.74 Å². The highest BCUT2D eigenvalue weighted by molar-refractivity contribution is 5.94. The maximum absolute atomic E-state index is 13.3. The van der Waals surface area contributed by atoms with Crippen LogP contribution in [0.5, 0.6) is 0 Å². The normalized spacial score (nSPS) is 17.1. The van der Waals surface area contributed by atoms with E-state index >= 15 is 0 Å². The fourth-order valence-corrected chi connectivity index (χ4v) is 3.72. The molecule has 1 aliphatic heterocycles. The summed E-state index contributed by atoms with van der Waals surface area (Å²) in [6, 6.07) is 9.73. The molecule has 29 heavy (non-hydrogen) atoms. The van der Waals surface area contributed by atoms with Crippen molar-refractivity contribution in [2.45, 2.75) is 18.9 Å². The smallest absolute Gasteiger partial charge is 0.253 e. The van der Waals surface area contributed by atoms with Gasteiger partial charge in [0, 0.05) is 38.9 Å². The van der Waals surface area contributed by atoms with Gasteiger partial charge in [0.05, 0.1) is 12.2 Å². The lowest BCUT2D eigenvalue weighted by atomic mass is 10.1. The summed E-state index contributed by atoms with van der Waals surface area (Å²) in [4.78, 5) is 14.9. The summed E-state index contributed by atoms with van der Waals surface area (Å²) in [5.74, 6) is 0.611. The second-order valence-corrected chi connectivity index (χ2v) is 7.30. The van der Waals surface area contributed by atoms with E-state index in [2.05, 4.69) is 20.4 Å². The van der Waals surface area contributed by atoms with Gasteiger partial charge in [-0.15, -0.1) is 10.2 Å². The SMILES string of the molecule is COCCN1CCC(c2nnc3ccc(C(=O)NCc4cccc(F)c4)cn23)C1. The minimum Gasteiger partial charge on any atom is -0.383 e. The monoisotopic (exact) mass is 397 g/mol. The van der Waals surface area contributed by atoms with E-state index in [0.717, 1.165) is 37.5 Å². The summed E-state index contributed by atoms with van der Waals surface area (Å²) in [5, 5.41) is 11.5. The second kappa shape index (κ2) is 8.67. The Morgan fingerprint density at radius 3 is 3.03 bits per heavy atom. The van der Waals surface area contributed by atoms with Crippen LogP contribution in [0.1, 0.15) is 34.1 Å². The Morgan fingerprint density at radius 2 is 2.21 bits per heavy atom. The molecule has 0 radical (unpaired) electrons. The van der Waals surface area contributed by atoms with Gasteiger partial charge in [0.1, 0.15) is 11.6 Å². The third-order valence-electron chi connectivity index (χ3n) is 5.28. The fraction of sp³-hybridized carbons (Fsp3) is 0.381. The van der Waals surface area contributed by atoms with Gasteiger partial charge in [-0.2, -0.15) is 0 Å². The lowest BCUT2D eigenvalue weighted by Gasteiger charge is -2.14. The zero-order chi connectivity index (χ0) is 20.2. The molecule has 8 heteroatoms. The lowest BCUT2D eigenvalue weighted by molar-refractivity contribution is 0.0950. The van der Waals surface area contributed by atoms with E-state index in [0.29, 0.717) is 17.7 Å². The van der Waals surface area contributed by atoms with Gasteiger partial charge in [-0.25, -0.2) is 4.39 Å². The Morgan fingerprint density at radius 1 is 1.31 bits per heavy atom. The summed E-state index contributed by atoms with van der Waals surface area (Å²) in [7, 11) is 1.71. The van der Waals surface area contributed by atoms with Crippen LogP contribution in [-0.4, -0.2) is 58.8 Å². The Labute approximate surface area is 168 Å². The molecule has 3 heterocycles. The van der Waals surface area contributed by atoms with Crippen LogP contribution in [0.4, 0.5) is 4.39 Å². The largest absolute Gasteiger partial charge is 0.383 e. The first kappa shape index (κ1) is 19.5. The standard InChI is InChI=1S/C21H24FN5O2/c1-29-10-9-26-8-7-16(13-26)20-25-24-19-6-5-17(14-27(19)20)21(28)23-12-15-3-2-4-18(22)11-15/h2-6,11,14,16H,7-10,12-13H2,1H3,(H,23,28). The fourth-order valence-electron chi connectivity index (χ4n) is 3.72. The van der Waals surface area contributed by atoms with Crippen molar-refractivity contribution in [3.63, 3.8) is 0 Å². The third-order valence-corrected chi connectivity index (χ3v) is 5.28. The van der Waals surface area contributed by atoms with Crippen molar-refractivity contribution >= 4 is 11.6 Å². The number of halogens is 1. The molecule has 1 saturated heterocycles. The van der Waals surface area contributed by atoms with E-state index < -0.39 is 0 Å². The van der Waals surface area contributed by atoms with Crippen molar-refractivity contribution in [1.29, 1.82) is 0 Å². The molecular formula is C21H24FN5O2. The first-order valence-electron chi connectivity index (χ1n) is 9.72. The first-order chi connectivity index (χ1) is 14.1. The molecule has 3 aromatic rings. The van der Waals surface area contributed by atoms with Crippen LogP contribution >= 0.6 is 0 Å². The molecule has 7 nitrogen and oxygen atoms in total. The highest BCUT2D eigenvalue weighted by atomic mass is 19.1. The molecule has 4 rings (SSSR count). The number of amides is 1. The van der Waals surface area contributed by atoms with Crippen LogP contribution < -0.4 is 5.32 Å². The molecule has 0 aliphatic carbocycles. The molecule has 1 amide bonds. The van der Waals surface area contributed by atoms with Crippen LogP contribution in [0.15, 0.2) is 42.6 Å². The van der Waals surface area contributed by atoms with Crippen LogP contribution in [0.2, 0.25) is 0 Å². The molecule has 1 atom stereocenters. The molecule has 1 N–H and O–H groups in total. The number of hydrogen-bond donors (Lipinski definition) is 1. The molecule has 0 bridgehead atoms. The number of aromatic nitrogens is 3. The van der Waals surface area contributed by atoms with E-state index in [1.54, 1.807) is 37.6 Å². The third kappa shape index (κ3) is 4.44. The van der Waals surface area contributed by atoms with Crippen LogP contribution in [-0.2, 0) is 11.3 Å². The van der Waals surface area contributed by atoms with Gasteiger partial charge in [0.15, 0.2) is 5.65 Å². The average Bonchev–Trinajstić information content (AvgIpc) is 3.36. The van der Waals surface area contributed by atoms with Crippen molar-refractivity contribution in [2.24, 2.45) is 0 Å². The number of pyridine rings is 1. The zero-order valence-electron chi connectivity index (χ0n) is 16.3. The predicted octanol–water partition coefficient (Wildman–Crippen LogP) is 2.23. The van der Waals surface area contributed by atoms with E-state index in [1.807, 2.05) is 4.40 Å². The predicted molar refractivity (Wildman–Crippen MR) is 106 cm³/mol. The summed E-state index contributed by atoms with van der Waals surface area (Å²) in [6.07, 6.45) is 2.78. The topological polar surface area (TPSA) is 71.8 Å². The molecular weight excluding hydrogens is 373 g/mol. The summed E-state index contributed by atoms with van der Waals surface area (Å²) >= 11 is 0. The number of hydrogen-bond acceptors (Lipinski definition) is 5. The summed E-state index contributed by atoms with van der Waals surface area (Å²) in [5.41, 5.74) is 1.95. The van der Waals surface area contributed by atoms with Crippen LogP contribution in [0.25, 0.3) is 5.65 Å². The van der Waals surface area contributed by atoms with Gasteiger partial charge in [-0.1, -0.05) is 12.1 Å². The number of nitrogens with zero attached hydrogens (tertiary/aromatic N) is 4. The quantitative estimate of drug-likeness (QED) is 0.662. The number of methoxy groups -OCH3 is 1. The molecule has 1 unspecified atom stereocenters.